The molecule has 2 heterocycles. The zero-order chi connectivity index (χ0) is 51.0. The molecule has 3 aromatic carbocycles. The minimum atomic E-state index is -2.44. The van der Waals surface area contributed by atoms with Crippen molar-refractivity contribution < 1.29 is 37.2 Å². The Hall–Kier alpha value is -4.20. The molecule has 1 aliphatic rings. The average Bonchev–Trinajstić information content (AvgIpc) is 3.67. The summed E-state index contributed by atoms with van der Waals surface area (Å²) in [6.45, 7) is 24.7. The van der Waals surface area contributed by atoms with Crippen LogP contribution in [0.4, 0.5) is 5.82 Å². The summed E-state index contributed by atoms with van der Waals surface area (Å²) in [5.74, 6) is 1.88. The Labute approximate surface area is 420 Å². The first-order valence-electron chi connectivity index (χ1n) is 25.1. The van der Waals surface area contributed by atoms with E-state index in [0.717, 1.165) is 36.0 Å². The molecule has 5 rings (SSSR count). The third-order valence-electron chi connectivity index (χ3n) is 13.3. The van der Waals surface area contributed by atoms with Gasteiger partial charge in [0.15, 0.2) is 6.23 Å². The molecule has 5 atom stereocenters. The molecule has 14 nitrogen and oxygen atoms in total. The van der Waals surface area contributed by atoms with Crippen molar-refractivity contribution in [3.63, 3.8) is 0 Å². The summed E-state index contributed by atoms with van der Waals surface area (Å²) < 4.78 is 57.6. The van der Waals surface area contributed by atoms with E-state index in [4.69, 9.17) is 37.2 Å². The zero-order valence-corrected chi connectivity index (χ0v) is 45.8. The number of hydrogen-bond donors (Lipinski definition) is 1. The summed E-state index contributed by atoms with van der Waals surface area (Å²) in [6, 6.07) is 29.8. The second-order valence-corrected chi connectivity index (χ2v) is 26.2. The Balaban J connectivity index is 1.72. The molecule has 1 unspecified atom stereocenters. The van der Waals surface area contributed by atoms with Crippen molar-refractivity contribution in [3.05, 3.63) is 118 Å². The van der Waals surface area contributed by atoms with E-state index in [2.05, 4.69) is 97.2 Å². The molecule has 1 saturated heterocycles. The van der Waals surface area contributed by atoms with Gasteiger partial charge in [0.25, 0.3) is 8.53 Å². The molecule has 1 N–H and O–H groups in total. The quantitative estimate of drug-likeness (QED) is 0.0181. The van der Waals surface area contributed by atoms with Crippen molar-refractivity contribution >= 4 is 22.7 Å². The van der Waals surface area contributed by atoms with Gasteiger partial charge in [0, 0.05) is 24.8 Å². The predicted octanol–water partition coefficient (Wildman–Crippen LogP) is 12.0. The van der Waals surface area contributed by atoms with Crippen LogP contribution in [0.2, 0.25) is 16.6 Å². The van der Waals surface area contributed by atoms with Crippen molar-refractivity contribution in [2.45, 2.75) is 161 Å². The number of unbranched alkanes of at least 4 members (excludes halogenated alkanes) is 2. The van der Waals surface area contributed by atoms with Gasteiger partial charge in [0.2, 0.25) is 8.32 Å². The molecule has 0 radical (unpaired) electrons. The fourth-order valence-electron chi connectivity index (χ4n) is 10.1. The van der Waals surface area contributed by atoms with Crippen molar-refractivity contribution in [2.75, 3.05) is 46.1 Å². The van der Waals surface area contributed by atoms with Crippen LogP contribution in [0, 0.1) is 11.3 Å². The van der Waals surface area contributed by atoms with Crippen LogP contribution in [0.15, 0.2) is 95.9 Å². The highest BCUT2D eigenvalue weighted by atomic mass is 31.2. The minimum Gasteiger partial charge on any atom is -0.497 e. The number of hydrogen-bond acceptors (Lipinski definition) is 13. The fraction of sp³-hybridized carbons (Fsp3) is 0.574. The SMILES string of the molecule is CCCCCNc1ccn([C@@H]2O[C@H](COC(c3ccccc3)(c3ccc(OC)cc3)c3ccc(OC)cc3)[C@@H](OP(OCCC#N)N(C(C)C)C(C)C)[C@H]2OCO[Si](C(C)C)(C(C)C)C(C)C)c(=O)n1. The summed E-state index contributed by atoms with van der Waals surface area (Å²) in [4.78, 5) is 18.8. The molecule has 0 aliphatic carbocycles. The van der Waals surface area contributed by atoms with Gasteiger partial charge in [-0.25, -0.2) is 9.46 Å². The first-order valence-corrected chi connectivity index (χ1v) is 28.3. The number of rotatable bonds is 29. The van der Waals surface area contributed by atoms with Gasteiger partial charge in [-0.2, -0.15) is 10.2 Å². The normalized spacial score (nSPS) is 18.1. The van der Waals surface area contributed by atoms with Gasteiger partial charge in [0.1, 0.15) is 48.0 Å². The highest BCUT2D eigenvalue weighted by molar-refractivity contribution is 7.44. The van der Waals surface area contributed by atoms with E-state index in [9.17, 15) is 10.1 Å². The lowest BCUT2D eigenvalue weighted by atomic mass is 9.80. The fourth-order valence-corrected chi connectivity index (χ4v) is 17.1. The van der Waals surface area contributed by atoms with E-state index < -0.39 is 52.7 Å². The molecule has 16 heteroatoms. The average molecular weight is 1000 g/mol. The largest absolute Gasteiger partial charge is 0.497 e. The van der Waals surface area contributed by atoms with Crippen LogP contribution < -0.4 is 20.5 Å². The van der Waals surface area contributed by atoms with Crippen LogP contribution in [0.25, 0.3) is 0 Å². The molecule has 0 spiro atoms. The van der Waals surface area contributed by atoms with Gasteiger partial charge < -0.3 is 42.5 Å². The summed E-state index contributed by atoms with van der Waals surface area (Å²) in [7, 11) is -1.00. The summed E-state index contributed by atoms with van der Waals surface area (Å²) in [5, 5.41) is 13.0. The number of ether oxygens (including phenoxy) is 5. The maximum Gasteiger partial charge on any atom is 0.351 e. The van der Waals surface area contributed by atoms with Gasteiger partial charge in [0.05, 0.1) is 39.9 Å². The van der Waals surface area contributed by atoms with Crippen LogP contribution in [0.3, 0.4) is 0 Å². The Morgan fingerprint density at radius 2 is 1.39 bits per heavy atom. The topological polar surface area (TPSA) is 148 Å². The van der Waals surface area contributed by atoms with Gasteiger partial charge >= 0.3 is 5.69 Å². The van der Waals surface area contributed by atoms with Crippen molar-refractivity contribution in [1.82, 2.24) is 14.2 Å². The molecule has 0 saturated carbocycles. The Kier molecular flexibility index (Phi) is 21.9. The van der Waals surface area contributed by atoms with Gasteiger partial charge in [-0.15, -0.1) is 0 Å². The standard InChI is InChI=1S/C54H80N5O9PSi/c1-14-15-19-33-56-49-31-34-58(53(60)57-49)52-51(63-37-66-70(40(6)7,41(8)9)42(10)11)50(68-69(65-35-20-32-55)59(38(2)3)39(4)5)48(67-52)36-64-54(43-21-17-16-18-22-43,44-23-27-46(61-12)28-24-44)45-25-29-47(62-13)30-26-45/h16-18,21-31,34,38-42,48,50-52H,14-15,19-20,33,35-37H2,1-13H3,(H,56,57,60)/t48-,50-,51-,52-,69?/m1/s1. The molecule has 70 heavy (non-hydrogen) atoms. The zero-order valence-electron chi connectivity index (χ0n) is 43.9. The molecule has 0 amide bonds. The summed E-state index contributed by atoms with van der Waals surface area (Å²) in [6.07, 6.45) is 1.28. The molecule has 1 aliphatic heterocycles. The third-order valence-corrected chi connectivity index (χ3v) is 21.4. The van der Waals surface area contributed by atoms with Crippen molar-refractivity contribution in [1.29, 1.82) is 5.26 Å². The number of anilines is 1. The first kappa shape index (κ1) is 56.7. The predicted molar refractivity (Wildman–Crippen MR) is 281 cm³/mol. The monoisotopic (exact) mass is 1000 g/mol. The van der Waals surface area contributed by atoms with E-state index in [1.165, 1.54) is 4.57 Å². The maximum atomic E-state index is 14.3. The van der Waals surface area contributed by atoms with Gasteiger partial charge in [-0.1, -0.05) is 116 Å². The van der Waals surface area contributed by atoms with Crippen LogP contribution in [-0.4, -0.2) is 93.7 Å². The van der Waals surface area contributed by atoms with Gasteiger partial charge in [-0.05, 0) is 97.8 Å². The van der Waals surface area contributed by atoms with Crippen LogP contribution in [0.1, 0.15) is 125 Å². The van der Waals surface area contributed by atoms with E-state index in [0.29, 0.717) is 23.9 Å². The Morgan fingerprint density at radius 3 is 1.89 bits per heavy atom. The highest BCUT2D eigenvalue weighted by Crippen LogP contribution is 2.52. The smallest absolute Gasteiger partial charge is 0.351 e. The van der Waals surface area contributed by atoms with Crippen molar-refractivity contribution in [3.8, 4) is 17.6 Å². The lowest BCUT2D eigenvalue weighted by Gasteiger charge is -2.42. The van der Waals surface area contributed by atoms with E-state index in [-0.39, 0.29) is 55.1 Å². The molecular weight excluding hydrogens is 922 g/mol. The molecule has 0 bridgehead atoms. The van der Waals surface area contributed by atoms with Crippen molar-refractivity contribution in [2.24, 2.45) is 0 Å². The van der Waals surface area contributed by atoms with E-state index in [1.807, 2.05) is 78.9 Å². The molecular formula is C54H80N5O9PSi. The highest BCUT2D eigenvalue weighted by Gasteiger charge is 2.53. The molecule has 1 fully saturated rings. The molecule has 1 aromatic heterocycles. The number of methoxy groups -OCH3 is 2. The third kappa shape index (κ3) is 13.4. The first-order chi connectivity index (χ1) is 33.6. The Morgan fingerprint density at radius 1 is 0.814 bits per heavy atom. The number of nitrogens with zero attached hydrogens (tertiary/aromatic N) is 4. The Bertz CT molecular complexity index is 2180. The number of nitrogens with one attached hydrogen (secondary N) is 1. The number of benzene rings is 3. The van der Waals surface area contributed by atoms with Crippen LogP contribution in [-0.2, 0) is 33.3 Å². The lowest BCUT2D eigenvalue weighted by Crippen LogP contribution is -2.49. The second kappa shape index (κ2) is 27.0. The van der Waals surface area contributed by atoms with Crippen LogP contribution in [0.5, 0.6) is 11.5 Å². The van der Waals surface area contributed by atoms with E-state index in [1.54, 1.807) is 26.5 Å². The molecule has 384 valence electrons. The maximum absolute atomic E-state index is 14.3. The van der Waals surface area contributed by atoms with Crippen LogP contribution >= 0.6 is 8.53 Å². The summed E-state index contributed by atoms with van der Waals surface area (Å²) >= 11 is 0. The molecule has 4 aromatic rings. The second-order valence-electron chi connectivity index (χ2n) is 19.3. The van der Waals surface area contributed by atoms with E-state index >= 15 is 0 Å². The lowest BCUT2D eigenvalue weighted by molar-refractivity contribution is -0.116. The summed E-state index contributed by atoms with van der Waals surface area (Å²) in [5.41, 5.74) is 1.70. The number of nitriles is 1. The number of aromatic nitrogens is 2. The van der Waals surface area contributed by atoms with Gasteiger partial charge in [-0.3, -0.25) is 4.57 Å². The minimum absolute atomic E-state index is 0.00137.